The van der Waals surface area contributed by atoms with E-state index < -0.39 is 17.1 Å². The van der Waals surface area contributed by atoms with Crippen molar-refractivity contribution in [2.45, 2.75) is 22.7 Å². The van der Waals surface area contributed by atoms with Crippen molar-refractivity contribution < 1.29 is 19.1 Å². The second-order valence-corrected chi connectivity index (χ2v) is 12.2. The monoisotopic (exact) mass is 561 g/mol. The smallest absolute Gasteiger partial charge is 0.308 e. The Labute approximate surface area is 223 Å². The second-order valence-electron chi connectivity index (χ2n) is 8.66. The van der Waals surface area contributed by atoms with E-state index in [0.29, 0.717) is 42.0 Å². The molecule has 2 saturated heterocycles. The maximum absolute atomic E-state index is 13.7. The molecule has 6 rings (SSSR count). The number of ether oxygens (including phenoxy) is 1. The van der Waals surface area contributed by atoms with Crippen LogP contribution < -0.4 is 9.77 Å². The van der Waals surface area contributed by atoms with Gasteiger partial charge in [-0.3, -0.25) is 23.7 Å². The van der Waals surface area contributed by atoms with Crippen LogP contribution in [0.3, 0.4) is 0 Å². The minimum absolute atomic E-state index is 0.102. The van der Waals surface area contributed by atoms with Crippen molar-refractivity contribution >= 4 is 69.4 Å². The molecule has 2 unspecified atom stereocenters. The van der Waals surface area contributed by atoms with Crippen LogP contribution >= 0.6 is 46.0 Å². The topological polar surface area (TPSA) is 88.9 Å². The van der Waals surface area contributed by atoms with Crippen LogP contribution in [0.25, 0.3) is 0 Å². The van der Waals surface area contributed by atoms with E-state index in [1.807, 2.05) is 17.5 Å². The molecule has 3 aliphatic heterocycles. The Morgan fingerprint density at radius 2 is 1.81 bits per heavy atom. The molecule has 8 nitrogen and oxygen atoms in total. The van der Waals surface area contributed by atoms with Crippen molar-refractivity contribution in [1.29, 1.82) is 0 Å². The fraction of sp³-hybridized carbons (Fsp3) is 0.333. The van der Waals surface area contributed by atoms with Gasteiger partial charge < -0.3 is 9.64 Å². The van der Waals surface area contributed by atoms with Gasteiger partial charge in [-0.2, -0.15) is 0 Å². The summed E-state index contributed by atoms with van der Waals surface area (Å²) in [7, 11) is 0. The van der Waals surface area contributed by atoms with Gasteiger partial charge in [-0.15, -0.1) is 11.3 Å². The number of fused-ring (bicyclic) bond motifs is 2. The highest BCUT2D eigenvalue weighted by Gasteiger charge is 2.57. The second kappa shape index (κ2) is 9.46. The molecule has 3 amide bonds. The fourth-order valence-electron chi connectivity index (χ4n) is 4.92. The zero-order valence-corrected chi connectivity index (χ0v) is 22.0. The largest absolute Gasteiger partial charge is 0.378 e. The summed E-state index contributed by atoms with van der Waals surface area (Å²) in [6.45, 7) is 1.81. The van der Waals surface area contributed by atoms with Crippen LogP contribution in [-0.4, -0.2) is 58.7 Å². The van der Waals surface area contributed by atoms with Gasteiger partial charge in [-0.1, -0.05) is 40.8 Å². The molecule has 186 valence electrons. The number of carbonyl (C=O) groups is 3. The van der Waals surface area contributed by atoms with Crippen molar-refractivity contribution in [2.75, 3.05) is 31.2 Å². The lowest BCUT2D eigenvalue weighted by Gasteiger charge is -2.30. The summed E-state index contributed by atoms with van der Waals surface area (Å²) in [5.74, 6) is -1.86. The van der Waals surface area contributed by atoms with Crippen LogP contribution in [0, 0.1) is 5.92 Å². The number of benzene rings is 1. The lowest BCUT2D eigenvalue weighted by Crippen LogP contribution is -2.43. The summed E-state index contributed by atoms with van der Waals surface area (Å²) >= 11 is 9.80. The Morgan fingerprint density at radius 3 is 2.50 bits per heavy atom. The summed E-state index contributed by atoms with van der Waals surface area (Å²) in [6.07, 6.45) is 0. The van der Waals surface area contributed by atoms with Crippen molar-refractivity contribution in [3.8, 4) is 0 Å². The van der Waals surface area contributed by atoms with Crippen LogP contribution in [0.2, 0.25) is 5.02 Å². The molecule has 0 aliphatic carbocycles. The number of thiazole rings is 1. The number of carbonyl (C=O) groups excluding carboxylic acids is 3. The lowest BCUT2D eigenvalue weighted by atomic mass is 9.87. The zero-order chi connectivity index (χ0) is 25.0. The fourth-order valence-corrected chi connectivity index (χ4v) is 8.77. The van der Waals surface area contributed by atoms with Crippen LogP contribution in [0.1, 0.15) is 15.7 Å². The predicted octanol–water partition coefficient (Wildman–Crippen LogP) is 3.28. The number of hydrogen-bond donors (Lipinski definition) is 0. The molecule has 0 bridgehead atoms. The molecular weight excluding hydrogens is 542 g/mol. The maximum Gasteiger partial charge on any atom is 0.308 e. The van der Waals surface area contributed by atoms with Crippen LogP contribution in [-0.2, 0) is 25.7 Å². The Morgan fingerprint density at radius 1 is 1.06 bits per heavy atom. The molecular formula is C24H20ClN3O5S3. The van der Waals surface area contributed by atoms with E-state index in [0.717, 1.165) is 21.1 Å². The molecule has 1 aromatic carbocycles. The summed E-state index contributed by atoms with van der Waals surface area (Å²) in [4.78, 5) is 57.8. The third kappa shape index (κ3) is 3.93. The number of nitrogens with zero attached hydrogens (tertiary/aromatic N) is 3. The standard InChI is InChI=1S/C24H20ClN3O5S3/c25-13-3-5-14(6-4-13)28-21(30)18-17(15-2-1-11-34-15)20-23(35-19(18)22(28)31)27(24(32)36-20)12-16(29)26-7-9-33-10-8-26/h1-6,11,17-19H,7-10,12H2/t17-,18?,19?/m1/s1. The van der Waals surface area contributed by atoms with Crippen LogP contribution in [0.15, 0.2) is 51.6 Å². The molecule has 5 heterocycles. The van der Waals surface area contributed by atoms with Gasteiger partial charge in [-0.05, 0) is 35.7 Å². The van der Waals surface area contributed by atoms with Gasteiger partial charge in [0, 0.05) is 33.8 Å². The number of anilines is 1. The molecule has 3 aliphatic rings. The molecule has 3 atom stereocenters. The lowest BCUT2D eigenvalue weighted by molar-refractivity contribution is -0.136. The third-order valence-corrected chi connectivity index (χ3v) is 10.5. The summed E-state index contributed by atoms with van der Waals surface area (Å²) < 4.78 is 6.81. The first kappa shape index (κ1) is 23.9. The highest BCUT2D eigenvalue weighted by atomic mass is 35.5. The number of morpholine rings is 1. The van der Waals surface area contributed by atoms with E-state index in [-0.39, 0.29) is 29.1 Å². The van der Waals surface area contributed by atoms with Crippen LogP contribution in [0.5, 0.6) is 0 Å². The number of imide groups is 1. The summed E-state index contributed by atoms with van der Waals surface area (Å²) in [5.41, 5.74) is 0.470. The van der Waals surface area contributed by atoms with Crippen LogP contribution in [0.4, 0.5) is 5.69 Å². The van der Waals surface area contributed by atoms with Gasteiger partial charge in [0.05, 0.1) is 29.8 Å². The van der Waals surface area contributed by atoms with Gasteiger partial charge in [-0.25, -0.2) is 4.90 Å². The molecule has 12 heteroatoms. The predicted molar refractivity (Wildman–Crippen MR) is 139 cm³/mol. The number of thioether (sulfide) groups is 1. The summed E-state index contributed by atoms with van der Waals surface area (Å²) in [5, 5.41) is 2.33. The van der Waals surface area contributed by atoms with Crippen molar-refractivity contribution in [2.24, 2.45) is 5.92 Å². The quantitative estimate of drug-likeness (QED) is 0.454. The SMILES string of the molecule is O=C(Cn1c2c(sc1=O)[C@H](c1cccs1)C1C(=O)N(c3ccc(Cl)cc3)C(=O)C1S2)N1CCOCC1. The van der Waals surface area contributed by atoms with E-state index in [1.54, 1.807) is 29.2 Å². The molecule has 2 fully saturated rings. The first-order chi connectivity index (χ1) is 17.4. The normalized spacial score (nSPS) is 23.6. The number of halogens is 1. The molecule has 2 aromatic heterocycles. The van der Waals surface area contributed by atoms with E-state index in [4.69, 9.17) is 16.3 Å². The van der Waals surface area contributed by atoms with Gasteiger partial charge in [0.15, 0.2) is 0 Å². The first-order valence-electron chi connectivity index (χ1n) is 11.4. The van der Waals surface area contributed by atoms with E-state index in [9.17, 15) is 19.2 Å². The molecule has 3 aromatic rings. The van der Waals surface area contributed by atoms with Gasteiger partial charge >= 0.3 is 4.87 Å². The minimum Gasteiger partial charge on any atom is -0.378 e. The number of hydrogen-bond acceptors (Lipinski definition) is 8. The van der Waals surface area contributed by atoms with Gasteiger partial charge in [0.25, 0.3) is 0 Å². The Balaban J connectivity index is 1.41. The van der Waals surface area contributed by atoms with E-state index >= 15 is 0 Å². The zero-order valence-electron chi connectivity index (χ0n) is 18.8. The number of aromatic nitrogens is 1. The molecule has 0 N–H and O–H groups in total. The molecule has 0 radical (unpaired) electrons. The Bertz CT molecular complexity index is 1400. The highest BCUT2D eigenvalue weighted by molar-refractivity contribution is 8.00. The van der Waals surface area contributed by atoms with E-state index in [2.05, 4.69) is 0 Å². The van der Waals surface area contributed by atoms with Crippen molar-refractivity contribution in [3.05, 3.63) is 66.2 Å². The number of thiophene rings is 1. The Hall–Kier alpha value is -2.44. The van der Waals surface area contributed by atoms with Crippen molar-refractivity contribution in [1.82, 2.24) is 9.47 Å². The first-order valence-corrected chi connectivity index (χ1v) is 14.3. The van der Waals surface area contributed by atoms with Gasteiger partial charge in [0.2, 0.25) is 17.7 Å². The molecule has 36 heavy (non-hydrogen) atoms. The average Bonchev–Trinajstić information content (AvgIpc) is 3.58. The van der Waals surface area contributed by atoms with Gasteiger partial charge in [0.1, 0.15) is 11.8 Å². The Kier molecular flexibility index (Phi) is 6.29. The third-order valence-electron chi connectivity index (χ3n) is 6.64. The van der Waals surface area contributed by atoms with Crippen molar-refractivity contribution in [3.63, 3.8) is 0 Å². The minimum atomic E-state index is -0.702. The summed E-state index contributed by atoms with van der Waals surface area (Å²) in [6, 6.07) is 10.4. The van der Waals surface area contributed by atoms with E-state index in [1.165, 1.54) is 32.6 Å². The average molecular weight is 562 g/mol. The molecule has 0 saturated carbocycles. The molecule has 0 spiro atoms. The maximum atomic E-state index is 13.7. The highest BCUT2D eigenvalue weighted by Crippen LogP contribution is 2.54. The number of amides is 3. The number of rotatable bonds is 4.